The third-order valence-electron chi connectivity index (χ3n) is 2.61. The standard InChI is InChI=1S/C13H13ClO2S/c1-8-3-4-9(7-10(8)16-2)13(15)11-5-6-12(14)17-11/h3-7,13,15H,1-2H3. The first-order chi connectivity index (χ1) is 8.11. The molecule has 0 radical (unpaired) electrons. The zero-order valence-electron chi connectivity index (χ0n) is 9.61. The van der Waals surface area contributed by atoms with Crippen molar-refractivity contribution in [1.29, 1.82) is 0 Å². The first kappa shape index (κ1) is 12.4. The molecule has 1 unspecified atom stereocenters. The van der Waals surface area contributed by atoms with Gasteiger partial charge in [-0.1, -0.05) is 23.7 Å². The normalized spacial score (nSPS) is 12.5. The Bertz CT molecular complexity index is 522. The van der Waals surface area contributed by atoms with Gasteiger partial charge in [0.05, 0.1) is 11.4 Å². The zero-order valence-corrected chi connectivity index (χ0v) is 11.2. The largest absolute Gasteiger partial charge is 0.496 e. The highest BCUT2D eigenvalue weighted by molar-refractivity contribution is 7.16. The Balaban J connectivity index is 2.34. The molecule has 4 heteroatoms. The molecule has 0 saturated heterocycles. The Hall–Kier alpha value is -1.03. The maximum absolute atomic E-state index is 10.2. The van der Waals surface area contributed by atoms with E-state index in [-0.39, 0.29) is 0 Å². The number of aliphatic hydroxyl groups excluding tert-OH is 1. The van der Waals surface area contributed by atoms with E-state index in [1.54, 1.807) is 13.2 Å². The van der Waals surface area contributed by atoms with Crippen molar-refractivity contribution in [3.05, 3.63) is 50.7 Å². The zero-order chi connectivity index (χ0) is 12.4. The number of rotatable bonds is 3. The average Bonchev–Trinajstić information content (AvgIpc) is 2.75. The monoisotopic (exact) mass is 268 g/mol. The molecular formula is C13H13ClO2S. The number of aliphatic hydroxyl groups is 1. The predicted molar refractivity (Wildman–Crippen MR) is 71.1 cm³/mol. The molecule has 17 heavy (non-hydrogen) atoms. The first-order valence-corrected chi connectivity index (χ1v) is 6.39. The third-order valence-corrected chi connectivity index (χ3v) is 3.89. The SMILES string of the molecule is COc1cc(C(O)c2ccc(Cl)s2)ccc1C. The number of halogens is 1. The minimum Gasteiger partial charge on any atom is -0.496 e. The van der Waals surface area contributed by atoms with Crippen LogP contribution in [0.4, 0.5) is 0 Å². The third kappa shape index (κ3) is 2.63. The molecule has 1 aromatic carbocycles. The summed E-state index contributed by atoms with van der Waals surface area (Å²) in [6.45, 7) is 1.97. The summed E-state index contributed by atoms with van der Waals surface area (Å²) in [6.07, 6.45) is -0.651. The Morgan fingerprint density at radius 2 is 2.06 bits per heavy atom. The maximum Gasteiger partial charge on any atom is 0.122 e. The summed E-state index contributed by atoms with van der Waals surface area (Å²) in [5.41, 5.74) is 1.86. The van der Waals surface area contributed by atoms with Gasteiger partial charge in [-0.2, -0.15) is 0 Å². The van der Waals surface area contributed by atoms with E-state index in [1.165, 1.54) is 11.3 Å². The fourth-order valence-electron chi connectivity index (χ4n) is 1.65. The molecule has 2 rings (SSSR count). The van der Waals surface area contributed by atoms with Gasteiger partial charge in [0, 0.05) is 4.88 Å². The topological polar surface area (TPSA) is 29.5 Å². The highest BCUT2D eigenvalue weighted by atomic mass is 35.5. The van der Waals surface area contributed by atoms with Crippen molar-refractivity contribution >= 4 is 22.9 Å². The average molecular weight is 269 g/mol. The molecule has 1 aromatic heterocycles. The smallest absolute Gasteiger partial charge is 0.122 e. The molecular weight excluding hydrogens is 256 g/mol. The van der Waals surface area contributed by atoms with E-state index in [2.05, 4.69) is 0 Å². The molecule has 2 aromatic rings. The van der Waals surface area contributed by atoms with Crippen LogP contribution in [0.1, 0.15) is 22.1 Å². The van der Waals surface area contributed by atoms with Gasteiger partial charge in [0.25, 0.3) is 0 Å². The molecule has 0 spiro atoms. The van der Waals surface area contributed by atoms with Crippen molar-refractivity contribution < 1.29 is 9.84 Å². The molecule has 1 atom stereocenters. The van der Waals surface area contributed by atoms with Crippen molar-refractivity contribution in [3.8, 4) is 5.75 Å². The molecule has 0 aliphatic carbocycles. The quantitative estimate of drug-likeness (QED) is 0.917. The summed E-state index contributed by atoms with van der Waals surface area (Å²) in [4.78, 5) is 0.834. The van der Waals surface area contributed by atoms with Crippen LogP contribution in [0.25, 0.3) is 0 Å². The van der Waals surface area contributed by atoms with E-state index < -0.39 is 6.10 Å². The molecule has 2 nitrogen and oxygen atoms in total. The van der Waals surface area contributed by atoms with E-state index in [4.69, 9.17) is 16.3 Å². The van der Waals surface area contributed by atoms with Gasteiger partial charge in [-0.05, 0) is 36.2 Å². The van der Waals surface area contributed by atoms with Gasteiger partial charge in [0.2, 0.25) is 0 Å². The molecule has 1 heterocycles. The molecule has 90 valence electrons. The number of hydrogen-bond acceptors (Lipinski definition) is 3. The van der Waals surface area contributed by atoms with Gasteiger partial charge in [-0.25, -0.2) is 0 Å². The molecule has 1 N–H and O–H groups in total. The van der Waals surface area contributed by atoms with Crippen LogP contribution in [0.5, 0.6) is 5.75 Å². The van der Waals surface area contributed by atoms with E-state index in [0.717, 1.165) is 21.8 Å². The summed E-state index contributed by atoms with van der Waals surface area (Å²) in [5, 5.41) is 10.2. The number of thiophene rings is 1. The lowest BCUT2D eigenvalue weighted by Gasteiger charge is -2.12. The van der Waals surface area contributed by atoms with E-state index in [9.17, 15) is 5.11 Å². The second-order valence-electron chi connectivity index (χ2n) is 3.77. The number of methoxy groups -OCH3 is 1. The molecule has 0 fully saturated rings. The van der Waals surface area contributed by atoms with Crippen LogP contribution < -0.4 is 4.74 Å². The van der Waals surface area contributed by atoms with Crippen molar-refractivity contribution in [2.24, 2.45) is 0 Å². The maximum atomic E-state index is 10.2. The van der Waals surface area contributed by atoms with Gasteiger partial charge < -0.3 is 9.84 Å². The summed E-state index contributed by atoms with van der Waals surface area (Å²) in [7, 11) is 1.63. The van der Waals surface area contributed by atoms with Gasteiger partial charge >= 0.3 is 0 Å². The number of benzene rings is 1. The number of ether oxygens (including phenoxy) is 1. The first-order valence-electron chi connectivity index (χ1n) is 5.19. The van der Waals surface area contributed by atoms with Crippen LogP contribution >= 0.6 is 22.9 Å². The molecule has 0 aliphatic heterocycles. The van der Waals surface area contributed by atoms with Gasteiger partial charge in [0.1, 0.15) is 11.9 Å². The van der Waals surface area contributed by atoms with E-state index >= 15 is 0 Å². The summed E-state index contributed by atoms with van der Waals surface area (Å²) in [6, 6.07) is 9.32. The molecule has 0 amide bonds. The Morgan fingerprint density at radius 1 is 1.29 bits per heavy atom. The van der Waals surface area contributed by atoms with Gasteiger partial charge in [-0.3, -0.25) is 0 Å². The lowest BCUT2D eigenvalue weighted by Crippen LogP contribution is -1.98. The number of aryl methyl sites for hydroxylation is 1. The fourth-order valence-corrected chi connectivity index (χ4v) is 2.72. The Kier molecular flexibility index (Phi) is 3.72. The van der Waals surface area contributed by atoms with Crippen LogP contribution in [0.3, 0.4) is 0 Å². The fraction of sp³-hybridized carbons (Fsp3) is 0.231. The summed E-state index contributed by atoms with van der Waals surface area (Å²) >= 11 is 7.24. The van der Waals surface area contributed by atoms with Crippen molar-refractivity contribution in [3.63, 3.8) is 0 Å². The summed E-state index contributed by atoms with van der Waals surface area (Å²) < 4.78 is 5.92. The van der Waals surface area contributed by atoms with E-state index in [0.29, 0.717) is 4.34 Å². The second kappa shape index (κ2) is 5.08. The van der Waals surface area contributed by atoms with Crippen LogP contribution in [-0.2, 0) is 0 Å². The highest BCUT2D eigenvalue weighted by Crippen LogP contribution is 2.32. The Labute approximate surface area is 109 Å². The van der Waals surface area contributed by atoms with Gasteiger partial charge in [-0.15, -0.1) is 11.3 Å². The predicted octanol–water partition coefficient (Wildman–Crippen LogP) is 3.80. The molecule has 0 aliphatic rings. The van der Waals surface area contributed by atoms with Crippen molar-refractivity contribution in [2.75, 3.05) is 7.11 Å². The minimum atomic E-state index is -0.651. The van der Waals surface area contributed by atoms with E-state index in [1.807, 2.05) is 31.2 Å². The molecule has 0 bridgehead atoms. The highest BCUT2D eigenvalue weighted by Gasteiger charge is 2.14. The van der Waals surface area contributed by atoms with Crippen LogP contribution in [-0.4, -0.2) is 12.2 Å². The lowest BCUT2D eigenvalue weighted by atomic mass is 10.1. The van der Waals surface area contributed by atoms with Crippen LogP contribution in [0.15, 0.2) is 30.3 Å². The van der Waals surface area contributed by atoms with Crippen molar-refractivity contribution in [1.82, 2.24) is 0 Å². The Morgan fingerprint density at radius 3 is 2.65 bits per heavy atom. The summed E-state index contributed by atoms with van der Waals surface area (Å²) in [5.74, 6) is 0.782. The minimum absolute atomic E-state index is 0.651. The number of hydrogen-bond donors (Lipinski definition) is 1. The van der Waals surface area contributed by atoms with Crippen LogP contribution in [0, 0.1) is 6.92 Å². The lowest BCUT2D eigenvalue weighted by molar-refractivity contribution is 0.223. The second-order valence-corrected chi connectivity index (χ2v) is 5.52. The molecule has 0 saturated carbocycles. The van der Waals surface area contributed by atoms with Crippen LogP contribution in [0.2, 0.25) is 4.34 Å². The van der Waals surface area contributed by atoms with Gasteiger partial charge in [0.15, 0.2) is 0 Å². The van der Waals surface area contributed by atoms with Crippen molar-refractivity contribution in [2.45, 2.75) is 13.0 Å².